The van der Waals surface area contributed by atoms with Crippen molar-refractivity contribution in [2.24, 2.45) is 0 Å². The lowest BCUT2D eigenvalue weighted by Crippen LogP contribution is -2.52. The van der Waals surface area contributed by atoms with Crippen molar-refractivity contribution in [1.29, 1.82) is 0 Å². The summed E-state index contributed by atoms with van der Waals surface area (Å²) >= 11 is 0. The van der Waals surface area contributed by atoms with Crippen LogP contribution in [0.4, 0.5) is 4.79 Å². The van der Waals surface area contributed by atoms with E-state index in [1.54, 1.807) is 24.1 Å². The molecule has 11 heteroatoms. The molecule has 2 aromatic heterocycles. The number of nitrogens with one attached hydrogen (secondary N) is 1. The first-order chi connectivity index (χ1) is 29.8. The molecule has 11 nitrogen and oxygen atoms in total. The lowest BCUT2D eigenvalue weighted by Gasteiger charge is -2.37. The Kier molecular flexibility index (Phi) is 23.4. The van der Waals surface area contributed by atoms with E-state index in [0.29, 0.717) is 12.0 Å². The normalized spacial score (nSPS) is 14.4. The van der Waals surface area contributed by atoms with Gasteiger partial charge < -0.3 is 9.47 Å². The van der Waals surface area contributed by atoms with Crippen LogP contribution in [0.2, 0.25) is 0 Å². The van der Waals surface area contributed by atoms with E-state index < -0.39 is 5.54 Å². The Hall–Kier alpha value is -5.58. The van der Waals surface area contributed by atoms with Crippen molar-refractivity contribution in [2.75, 3.05) is 0 Å². The van der Waals surface area contributed by atoms with Gasteiger partial charge in [0.25, 0.3) is 17.4 Å². The van der Waals surface area contributed by atoms with Gasteiger partial charge in [-0.1, -0.05) is 110 Å². The maximum Gasteiger partial charge on any atom is 0.325 e. The number of hydrogen-bond acceptors (Lipinski definition) is 6. The number of nitrogens with zero attached hydrogens (tertiary/aromatic N) is 5. The van der Waals surface area contributed by atoms with E-state index in [1.807, 2.05) is 160 Å². The molecule has 0 bridgehead atoms. The molecule has 2 aliphatic heterocycles. The molecule has 1 fully saturated rings. The third-order valence-electron chi connectivity index (χ3n) is 9.30. The van der Waals surface area contributed by atoms with Gasteiger partial charge in [0, 0.05) is 39.3 Å². The van der Waals surface area contributed by atoms with Crippen molar-refractivity contribution in [3.63, 3.8) is 0 Å². The summed E-state index contributed by atoms with van der Waals surface area (Å²) in [4.78, 5) is 61.4. The Balaban J connectivity index is 0.000000788. The van der Waals surface area contributed by atoms with Gasteiger partial charge in [-0.25, -0.2) is 9.48 Å². The third kappa shape index (κ3) is 15.6. The number of para-hydroxylation sites is 1. The fourth-order valence-corrected chi connectivity index (χ4v) is 6.72. The summed E-state index contributed by atoms with van der Waals surface area (Å²) in [7, 11) is 0. The number of fused-ring (bicyclic) bond motifs is 3. The van der Waals surface area contributed by atoms with Gasteiger partial charge in [-0.05, 0) is 125 Å². The van der Waals surface area contributed by atoms with E-state index in [2.05, 4.69) is 72.3 Å². The highest BCUT2D eigenvalue weighted by atomic mass is 16.2. The van der Waals surface area contributed by atoms with E-state index in [1.165, 1.54) is 20.5 Å². The van der Waals surface area contributed by atoms with E-state index in [0.717, 1.165) is 16.3 Å². The summed E-state index contributed by atoms with van der Waals surface area (Å²) in [5, 5.41) is 9.39. The van der Waals surface area contributed by atoms with Crippen LogP contribution in [0.1, 0.15) is 161 Å². The van der Waals surface area contributed by atoms with Gasteiger partial charge in [-0.2, -0.15) is 5.10 Å². The number of hydrogen-bond donors (Lipinski definition) is 1. The molecule has 1 N–H and O–H groups in total. The Morgan fingerprint density at radius 1 is 0.578 bits per heavy atom. The number of carbonyl (C=O) groups excluding carboxylic acids is 4. The van der Waals surface area contributed by atoms with Gasteiger partial charge in [0.15, 0.2) is 0 Å². The van der Waals surface area contributed by atoms with Crippen molar-refractivity contribution in [3.8, 4) is 0 Å². The molecule has 5 aromatic rings. The minimum atomic E-state index is -0.457. The van der Waals surface area contributed by atoms with Crippen molar-refractivity contribution < 1.29 is 19.2 Å². The SMILES string of the molecule is CC.CC.CC.CC.CC(C)(C)N1C(=O)Cc2ccccc2C1=O.CC(C)(C)n1ccc2ccccc21.CC(C)(C)n1ncc2ccccc2c1=O.CC1C(=O)NC(=O)N1C(C)(C)C. The highest BCUT2D eigenvalue weighted by Gasteiger charge is 2.41. The first kappa shape index (κ1) is 58.4. The van der Waals surface area contributed by atoms with Crippen LogP contribution >= 0.6 is 0 Å². The molecule has 1 atom stereocenters. The number of amides is 5. The van der Waals surface area contributed by atoms with Crippen LogP contribution in [-0.4, -0.2) is 65.0 Å². The van der Waals surface area contributed by atoms with Crippen LogP contribution in [0.25, 0.3) is 21.7 Å². The highest BCUT2D eigenvalue weighted by molar-refractivity contribution is 6.10. The molecule has 4 heterocycles. The molecule has 0 saturated carbocycles. The topological polar surface area (TPSA) is 127 Å². The second kappa shape index (κ2) is 25.6. The fourth-order valence-electron chi connectivity index (χ4n) is 6.72. The molecular formula is C53H82N6O5. The monoisotopic (exact) mass is 883 g/mol. The van der Waals surface area contributed by atoms with Crippen molar-refractivity contribution >= 4 is 45.4 Å². The van der Waals surface area contributed by atoms with Crippen LogP contribution in [0.5, 0.6) is 0 Å². The zero-order valence-electron chi connectivity index (χ0n) is 43.2. The standard InChI is InChI=1S/C13H15NO2.C12H14N2O.C12H15N.C8H14N2O2.4C2H6/c1-13(2,3)14-11(15)8-9-6-4-5-7-10(9)12(14)16;1-12(2,3)14-11(15)10-7-5-4-6-9(10)8-13-14;1-12(2,3)13-9-8-10-6-4-5-7-11(10)13;1-5-6(11)9-7(12)10(5)8(2,3)4;4*1-2/h4-7H,8H2,1-3H3;4-8H,1-3H3;4-9H,1-3H3;5H,1-4H3,(H,9,11,12);4*1-2H3. The van der Waals surface area contributed by atoms with Gasteiger partial charge in [0.05, 0.1) is 23.5 Å². The van der Waals surface area contributed by atoms with Crippen LogP contribution in [0, 0.1) is 0 Å². The Bertz CT molecular complexity index is 2290. The lowest BCUT2D eigenvalue weighted by atomic mass is 9.94. The minimum absolute atomic E-state index is 0.0272. The fraction of sp³-hybridized carbons (Fsp3) is 0.509. The van der Waals surface area contributed by atoms with Gasteiger partial charge in [-0.15, -0.1) is 0 Å². The number of urea groups is 1. The van der Waals surface area contributed by atoms with E-state index in [9.17, 15) is 24.0 Å². The summed E-state index contributed by atoms with van der Waals surface area (Å²) in [5.41, 5.74) is 1.91. The molecule has 0 aliphatic carbocycles. The number of aromatic nitrogens is 3. The van der Waals surface area contributed by atoms with Crippen molar-refractivity contribution in [1.82, 2.24) is 29.5 Å². The Morgan fingerprint density at radius 2 is 1.08 bits per heavy atom. The maximum atomic E-state index is 12.2. The lowest BCUT2D eigenvalue weighted by molar-refractivity contribution is -0.132. The van der Waals surface area contributed by atoms with Gasteiger partial charge in [-0.3, -0.25) is 29.4 Å². The van der Waals surface area contributed by atoms with E-state index >= 15 is 0 Å². The third-order valence-corrected chi connectivity index (χ3v) is 9.30. The summed E-state index contributed by atoms with van der Waals surface area (Å²) in [6.45, 7) is 41.6. The molecular weight excluding hydrogens is 801 g/mol. The average Bonchev–Trinajstić information content (AvgIpc) is 3.80. The molecule has 64 heavy (non-hydrogen) atoms. The molecule has 5 amide bonds. The molecule has 0 spiro atoms. The zero-order chi connectivity index (χ0) is 50.0. The first-order valence-electron chi connectivity index (χ1n) is 23.0. The van der Waals surface area contributed by atoms with Crippen molar-refractivity contribution in [3.05, 3.63) is 113 Å². The van der Waals surface area contributed by atoms with E-state index in [4.69, 9.17) is 0 Å². The summed E-state index contributed by atoms with van der Waals surface area (Å²) < 4.78 is 3.83. The largest absolute Gasteiger partial charge is 0.342 e. The van der Waals surface area contributed by atoms with Crippen LogP contribution in [0.15, 0.2) is 96.1 Å². The van der Waals surface area contributed by atoms with Crippen LogP contribution in [0.3, 0.4) is 0 Å². The highest BCUT2D eigenvalue weighted by Crippen LogP contribution is 2.26. The van der Waals surface area contributed by atoms with E-state index in [-0.39, 0.29) is 52.0 Å². The number of carbonyl (C=O) groups is 4. The molecule has 354 valence electrons. The minimum Gasteiger partial charge on any atom is -0.342 e. The summed E-state index contributed by atoms with van der Waals surface area (Å²) in [6.07, 6.45) is 4.21. The zero-order valence-corrected chi connectivity index (χ0v) is 43.2. The molecule has 1 unspecified atom stereocenters. The molecule has 1 saturated heterocycles. The van der Waals surface area contributed by atoms with Crippen LogP contribution in [-0.2, 0) is 27.1 Å². The molecule has 3 aromatic carbocycles. The number of rotatable bonds is 0. The first-order valence-corrected chi connectivity index (χ1v) is 23.0. The second-order valence-corrected chi connectivity index (χ2v) is 18.1. The second-order valence-electron chi connectivity index (χ2n) is 18.1. The predicted molar refractivity (Wildman–Crippen MR) is 269 cm³/mol. The summed E-state index contributed by atoms with van der Waals surface area (Å²) in [5.74, 6) is -0.509. The quantitative estimate of drug-likeness (QED) is 0.122. The predicted octanol–water partition coefficient (Wildman–Crippen LogP) is 12.4. The van der Waals surface area contributed by atoms with Crippen molar-refractivity contribution in [2.45, 2.75) is 180 Å². The smallest absolute Gasteiger partial charge is 0.325 e. The van der Waals surface area contributed by atoms with Gasteiger partial charge in [0.1, 0.15) is 6.04 Å². The van der Waals surface area contributed by atoms with Crippen LogP contribution < -0.4 is 10.9 Å². The maximum absolute atomic E-state index is 12.2. The summed E-state index contributed by atoms with van der Waals surface area (Å²) in [6, 6.07) is 24.8. The Morgan fingerprint density at radius 3 is 1.55 bits per heavy atom. The Labute approximate surface area is 385 Å². The molecule has 2 aliphatic rings. The number of imide groups is 2. The average molecular weight is 883 g/mol. The molecule has 0 radical (unpaired) electrons. The molecule has 7 rings (SSSR count). The van der Waals surface area contributed by atoms with Gasteiger partial charge >= 0.3 is 6.03 Å². The van der Waals surface area contributed by atoms with Gasteiger partial charge in [0.2, 0.25) is 5.91 Å². The number of benzene rings is 3.